The van der Waals surface area contributed by atoms with Crippen LogP contribution < -0.4 is 0 Å². The standard InChI is InChI=1S/C16H19ClN2O2S/c1-18(11-15(20)19-6-8-21-9-7-19)10-14-16(17)12-4-2-3-5-13(12)22-14/h2-5H,6-11H2,1H3. The van der Waals surface area contributed by atoms with Crippen LogP contribution in [0.1, 0.15) is 4.88 Å². The lowest BCUT2D eigenvalue weighted by Gasteiger charge is -2.28. The quantitative estimate of drug-likeness (QED) is 0.859. The van der Waals surface area contributed by atoms with Crippen LogP contribution in [0.15, 0.2) is 24.3 Å². The van der Waals surface area contributed by atoms with Crippen LogP contribution in [0, 0.1) is 0 Å². The van der Waals surface area contributed by atoms with Crippen LogP contribution in [0.25, 0.3) is 10.1 Å². The number of hydrogen-bond donors (Lipinski definition) is 0. The van der Waals surface area contributed by atoms with Crippen LogP contribution in [-0.4, -0.2) is 55.6 Å². The van der Waals surface area contributed by atoms with Gasteiger partial charge >= 0.3 is 0 Å². The second-order valence-electron chi connectivity index (χ2n) is 5.50. The highest BCUT2D eigenvalue weighted by Crippen LogP contribution is 2.35. The zero-order valence-corrected chi connectivity index (χ0v) is 14.1. The van der Waals surface area contributed by atoms with Crippen molar-refractivity contribution in [3.8, 4) is 0 Å². The average molecular weight is 339 g/mol. The molecule has 1 aliphatic heterocycles. The van der Waals surface area contributed by atoms with Crippen LogP contribution in [0.4, 0.5) is 0 Å². The third-order valence-electron chi connectivity index (χ3n) is 3.78. The lowest BCUT2D eigenvalue weighted by molar-refractivity contribution is -0.136. The molecular formula is C16H19ClN2O2S. The first-order valence-corrected chi connectivity index (χ1v) is 8.54. The molecule has 0 aliphatic carbocycles. The summed E-state index contributed by atoms with van der Waals surface area (Å²) in [6, 6.07) is 8.13. The summed E-state index contributed by atoms with van der Waals surface area (Å²) in [5.41, 5.74) is 0. The van der Waals surface area contributed by atoms with Crippen molar-refractivity contribution in [3.63, 3.8) is 0 Å². The van der Waals surface area contributed by atoms with Gasteiger partial charge in [-0.05, 0) is 13.1 Å². The van der Waals surface area contributed by atoms with Gasteiger partial charge in [-0.25, -0.2) is 0 Å². The predicted molar refractivity (Wildman–Crippen MR) is 90.6 cm³/mol. The Kier molecular flexibility index (Phi) is 4.98. The van der Waals surface area contributed by atoms with E-state index < -0.39 is 0 Å². The number of carbonyl (C=O) groups is 1. The van der Waals surface area contributed by atoms with Crippen molar-refractivity contribution < 1.29 is 9.53 Å². The number of thiophene rings is 1. The molecule has 2 aromatic rings. The maximum atomic E-state index is 12.3. The maximum absolute atomic E-state index is 12.3. The minimum atomic E-state index is 0.156. The molecule has 4 nitrogen and oxygen atoms in total. The molecule has 0 N–H and O–H groups in total. The Morgan fingerprint density at radius 1 is 1.36 bits per heavy atom. The third-order valence-corrected chi connectivity index (χ3v) is 5.48. The normalized spacial score (nSPS) is 15.7. The number of rotatable bonds is 4. The van der Waals surface area contributed by atoms with Crippen LogP contribution in [0.5, 0.6) is 0 Å². The Bertz CT molecular complexity index is 667. The molecule has 1 aromatic heterocycles. The summed E-state index contributed by atoms with van der Waals surface area (Å²) < 4.78 is 6.47. The minimum Gasteiger partial charge on any atom is -0.378 e. The van der Waals surface area contributed by atoms with E-state index in [1.54, 1.807) is 11.3 Å². The summed E-state index contributed by atoms with van der Waals surface area (Å²) in [5, 5.41) is 1.91. The van der Waals surface area contributed by atoms with Crippen LogP contribution in [0.3, 0.4) is 0 Å². The van der Waals surface area contributed by atoms with E-state index >= 15 is 0 Å². The number of carbonyl (C=O) groups excluding carboxylic acids is 1. The van der Waals surface area contributed by atoms with E-state index in [4.69, 9.17) is 16.3 Å². The van der Waals surface area contributed by atoms with E-state index in [0.717, 1.165) is 15.3 Å². The number of halogens is 1. The van der Waals surface area contributed by atoms with Crippen molar-refractivity contribution in [2.24, 2.45) is 0 Å². The van der Waals surface area contributed by atoms with E-state index in [0.29, 0.717) is 39.4 Å². The summed E-state index contributed by atoms with van der Waals surface area (Å²) >= 11 is 8.15. The molecular weight excluding hydrogens is 320 g/mol. The van der Waals surface area contributed by atoms with Gasteiger partial charge in [0.25, 0.3) is 0 Å². The largest absolute Gasteiger partial charge is 0.378 e. The molecule has 22 heavy (non-hydrogen) atoms. The number of nitrogens with zero attached hydrogens (tertiary/aromatic N) is 2. The van der Waals surface area contributed by atoms with E-state index in [1.165, 1.54) is 4.70 Å². The molecule has 1 aliphatic rings. The first-order valence-electron chi connectivity index (χ1n) is 7.35. The van der Waals surface area contributed by atoms with E-state index in [9.17, 15) is 4.79 Å². The molecule has 0 saturated carbocycles. The number of morpholine rings is 1. The van der Waals surface area contributed by atoms with E-state index in [2.05, 4.69) is 6.07 Å². The Morgan fingerprint density at radius 2 is 2.09 bits per heavy atom. The molecule has 6 heteroatoms. The second-order valence-corrected chi connectivity index (χ2v) is 7.02. The lowest BCUT2D eigenvalue weighted by Crippen LogP contribution is -2.44. The zero-order chi connectivity index (χ0) is 15.5. The predicted octanol–water partition coefficient (Wildman–Crippen LogP) is 2.85. The molecule has 1 amide bonds. The van der Waals surface area contributed by atoms with Gasteiger partial charge in [-0.1, -0.05) is 29.8 Å². The van der Waals surface area contributed by atoms with Gasteiger partial charge in [0.05, 0.1) is 24.8 Å². The van der Waals surface area contributed by atoms with Gasteiger partial charge in [0, 0.05) is 34.6 Å². The van der Waals surface area contributed by atoms with Crippen molar-refractivity contribution in [2.75, 3.05) is 39.9 Å². The Hall–Kier alpha value is -1.14. The van der Waals surface area contributed by atoms with Crippen LogP contribution >= 0.6 is 22.9 Å². The highest BCUT2D eigenvalue weighted by Gasteiger charge is 2.19. The van der Waals surface area contributed by atoms with Gasteiger partial charge in [-0.15, -0.1) is 11.3 Å². The molecule has 1 fully saturated rings. The summed E-state index contributed by atoms with van der Waals surface area (Å²) in [6.45, 7) is 3.75. The molecule has 3 rings (SSSR count). The summed E-state index contributed by atoms with van der Waals surface area (Å²) in [7, 11) is 1.96. The fourth-order valence-electron chi connectivity index (χ4n) is 2.61. The topological polar surface area (TPSA) is 32.8 Å². The van der Waals surface area contributed by atoms with Crippen molar-refractivity contribution in [3.05, 3.63) is 34.2 Å². The second kappa shape index (κ2) is 6.96. The van der Waals surface area contributed by atoms with E-state index in [-0.39, 0.29) is 5.91 Å². The molecule has 1 saturated heterocycles. The molecule has 0 bridgehead atoms. The first kappa shape index (κ1) is 15.7. The number of benzene rings is 1. The summed E-state index contributed by atoms with van der Waals surface area (Å²) in [5.74, 6) is 0.156. The number of hydrogen-bond acceptors (Lipinski definition) is 4. The van der Waals surface area contributed by atoms with Crippen molar-refractivity contribution in [1.29, 1.82) is 0 Å². The van der Waals surface area contributed by atoms with E-state index in [1.807, 2.05) is 35.0 Å². The molecule has 1 aromatic carbocycles. The zero-order valence-electron chi connectivity index (χ0n) is 12.5. The molecule has 0 atom stereocenters. The van der Waals surface area contributed by atoms with Crippen molar-refractivity contribution in [1.82, 2.24) is 9.80 Å². The summed E-state index contributed by atoms with van der Waals surface area (Å²) in [6.07, 6.45) is 0. The van der Waals surface area contributed by atoms with Gasteiger partial charge in [0.2, 0.25) is 5.91 Å². The molecule has 0 spiro atoms. The van der Waals surface area contributed by atoms with Gasteiger partial charge in [-0.2, -0.15) is 0 Å². The van der Waals surface area contributed by atoms with Gasteiger partial charge in [0.15, 0.2) is 0 Å². The van der Waals surface area contributed by atoms with Crippen molar-refractivity contribution in [2.45, 2.75) is 6.54 Å². The van der Waals surface area contributed by atoms with Gasteiger partial charge in [0.1, 0.15) is 0 Å². The average Bonchev–Trinajstić information content (AvgIpc) is 2.84. The number of likely N-dealkylation sites (N-methyl/N-ethyl adjacent to an activating group) is 1. The smallest absolute Gasteiger partial charge is 0.236 e. The first-order chi connectivity index (χ1) is 10.6. The fraction of sp³-hybridized carbons (Fsp3) is 0.438. The molecule has 0 unspecified atom stereocenters. The monoisotopic (exact) mass is 338 g/mol. The third kappa shape index (κ3) is 3.43. The lowest BCUT2D eigenvalue weighted by atomic mass is 10.2. The molecule has 2 heterocycles. The Labute approximate surface area is 139 Å². The number of ether oxygens (including phenoxy) is 1. The Morgan fingerprint density at radius 3 is 2.82 bits per heavy atom. The number of fused-ring (bicyclic) bond motifs is 1. The van der Waals surface area contributed by atoms with Gasteiger partial charge < -0.3 is 9.64 Å². The fourth-order valence-corrected chi connectivity index (χ4v) is 4.18. The highest BCUT2D eigenvalue weighted by molar-refractivity contribution is 7.19. The van der Waals surface area contributed by atoms with Crippen LogP contribution in [0.2, 0.25) is 5.02 Å². The maximum Gasteiger partial charge on any atom is 0.236 e. The minimum absolute atomic E-state index is 0.156. The number of amides is 1. The van der Waals surface area contributed by atoms with Crippen molar-refractivity contribution >= 4 is 38.9 Å². The molecule has 0 radical (unpaired) electrons. The molecule has 118 valence electrons. The summed E-state index contributed by atoms with van der Waals surface area (Å²) in [4.78, 5) is 17.3. The van der Waals surface area contributed by atoms with Crippen LogP contribution in [-0.2, 0) is 16.1 Å². The van der Waals surface area contributed by atoms with Gasteiger partial charge in [-0.3, -0.25) is 9.69 Å². The SMILES string of the molecule is CN(CC(=O)N1CCOCC1)Cc1sc2ccccc2c1Cl. The highest BCUT2D eigenvalue weighted by atomic mass is 35.5. The Balaban J connectivity index is 1.64.